The van der Waals surface area contributed by atoms with Gasteiger partial charge in [0.1, 0.15) is 12.3 Å². The van der Waals surface area contributed by atoms with Crippen LogP contribution in [0.4, 0.5) is 0 Å². The first-order valence-electron chi connectivity index (χ1n) is 8.41. The highest BCUT2D eigenvalue weighted by molar-refractivity contribution is 14.0. The van der Waals surface area contributed by atoms with E-state index < -0.39 is 5.91 Å². The summed E-state index contributed by atoms with van der Waals surface area (Å²) in [6.07, 6.45) is 2.48. The summed E-state index contributed by atoms with van der Waals surface area (Å²) in [5.41, 5.74) is 5.20. The van der Waals surface area contributed by atoms with Gasteiger partial charge in [-0.05, 0) is 43.7 Å². The van der Waals surface area contributed by atoms with E-state index in [2.05, 4.69) is 36.0 Å². The minimum Gasteiger partial charge on any atom is -0.454 e. The van der Waals surface area contributed by atoms with Crippen molar-refractivity contribution in [2.75, 3.05) is 19.6 Å². The van der Waals surface area contributed by atoms with E-state index in [1.165, 1.54) is 12.8 Å². The van der Waals surface area contributed by atoms with Crippen molar-refractivity contribution in [1.29, 1.82) is 0 Å². The standard InChI is InChI=1S/C17H28N4O2.HI/c1-4-19-17(21-8-7-13(11-21)9-12(2)3)20-10-14-5-6-15(23-14)16(18)22;/h5-6,12-13H,4,7-11H2,1-3H3,(H2,18,22)(H,19,20);1H. The highest BCUT2D eigenvalue weighted by Crippen LogP contribution is 2.23. The molecule has 2 heterocycles. The average Bonchev–Trinajstić information content (AvgIpc) is 3.12. The summed E-state index contributed by atoms with van der Waals surface area (Å²) in [4.78, 5) is 18.0. The van der Waals surface area contributed by atoms with Gasteiger partial charge >= 0.3 is 0 Å². The molecule has 1 aromatic rings. The van der Waals surface area contributed by atoms with E-state index in [1.807, 2.05) is 0 Å². The van der Waals surface area contributed by atoms with Gasteiger partial charge in [0.05, 0.1) is 0 Å². The second kappa shape index (κ2) is 9.90. The molecule has 136 valence electrons. The van der Waals surface area contributed by atoms with Gasteiger partial charge in [0.25, 0.3) is 5.91 Å². The molecule has 1 unspecified atom stereocenters. The molecular weight excluding hydrogens is 419 g/mol. The third kappa shape index (κ3) is 5.99. The zero-order valence-corrected chi connectivity index (χ0v) is 17.1. The molecule has 1 aromatic heterocycles. The number of amides is 1. The van der Waals surface area contributed by atoms with E-state index in [-0.39, 0.29) is 29.7 Å². The maximum absolute atomic E-state index is 11.1. The third-order valence-corrected chi connectivity index (χ3v) is 4.01. The maximum Gasteiger partial charge on any atom is 0.284 e. The van der Waals surface area contributed by atoms with Crippen LogP contribution in [0.15, 0.2) is 21.5 Å². The van der Waals surface area contributed by atoms with Crippen LogP contribution >= 0.6 is 24.0 Å². The van der Waals surface area contributed by atoms with Crippen molar-refractivity contribution in [3.63, 3.8) is 0 Å². The van der Waals surface area contributed by atoms with Gasteiger partial charge in [-0.15, -0.1) is 24.0 Å². The minimum atomic E-state index is -0.553. The number of nitrogens with one attached hydrogen (secondary N) is 1. The fourth-order valence-electron chi connectivity index (χ4n) is 3.06. The number of rotatable bonds is 6. The number of hydrogen-bond donors (Lipinski definition) is 2. The van der Waals surface area contributed by atoms with Gasteiger partial charge in [0.2, 0.25) is 0 Å². The average molecular weight is 448 g/mol. The number of halogens is 1. The molecule has 2 rings (SSSR count). The number of carbonyl (C=O) groups excluding carboxylic acids is 1. The number of aliphatic imine (C=N–C) groups is 1. The largest absolute Gasteiger partial charge is 0.454 e. The van der Waals surface area contributed by atoms with E-state index in [9.17, 15) is 4.79 Å². The zero-order chi connectivity index (χ0) is 16.8. The van der Waals surface area contributed by atoms with Crippen molar-refractivity contribution in [2.45, 2.75) is 40.2 Å². The van der Waals surface area contributed by atoms with Crippen molar-refractivity contribution in [2.24, 2.45) is 22.6 Å². The van der Waals surface area contributed by atoms with Crippen molar-refractivity contribution in [3.05, 3.63) is 23.7 Å². The third-order valence-electron chi connectivity index (χ3n) is 4.01. The first-order valence-corrected chi connectivity index (χ1v) is 8.41. The lowest BCUT2D eigenvalue weighted by Crippen LogP contribution is -2.40. The topological polar surface area (TPSA) is 83.9 Å². The SMILES string of the molecule is CCNC(=NCc1ccc(C(N)=O)o1)N1CCC(CC(C)C)C1.I. The number of guanidine groups is 1. The van der Waals surface area contributed by atoms with Crippen molar-refractivity contribution >= 4 is 35.8 Å². The molecule has 1 amide bonds. The Morgan fingerprint density at radius 3 is 2.83 bits per heavy atom. The second-order valence-electron chi connectivity index (χ2n) is 6.53. The molecular formula is C17H29IN4O2. The lowest BCUT2D eigenvalue weighted by Gasteiger charge is -2.22. The van der Waals surface area contributed by atoms with Crippen molar-refractivity contribution in [3.8, 4) is 0 Å². The molecule has 6 nitrogen and oxygen atoms in total. The van der Waals surface area contributed by atoms with Crippen molar-refractivity contribution in [1.82, 2.24) is 10.2 Å². The van der Waals surface area contributed by atoms with Gasteiger partial charge in [0, 0.05) is 19.6 Å². The lowest BCUT2D eigenvalue weighted by atomic mass is 9.97. The summed E-state index contributed by atoms with van der Waals surface area (Å²) in [6.45, 7) is 9.93. The van der Waals surface area contributed by atoms with Gasteiger partial charge in [-0.25, -0.2) is 4.99 Å². The zero-order valence-electron chi connectivity index (χ0n) is 14.7. The first kappa shape index (κ1) is 20.8. The first-order chi connectivity index (χ1) is 11.0. The van der Waals surface area contributed by atoms with Gasteiger partial charge in [-0.1, -0.05) is 13.8 Å². The number of nitrogens with zero attached hydrogens (tertiary/aromatic N) is 2. The Labute approximate surface area is 161 Å². The predicted molar refractivity (Wildman–Crippen MR) is 107 cm³/mol. The Balaban J connectivity index is 0.00000288. The molecule has 1 fully saturated rings. The lowest BCUT2D eigenvalue weighted by molar-refractivity contribution is 0.0972. The molecule has 0 aromatic carbocycles. The maximum atomic E-state index is 11.1. The molecule has 24 heavy (non-hydrogen) atoms. The van der Waals surface area contributed by atoms with Crippen LogP contribution in [-0.4, -0.2) is 36.4 Å². The summed E-state index contributed by atoms with van der Waals surface area (Å²) in [7, 11) is 0. The molecule has 0 spiro atoms. The van der Waals surface area contributed by atoms with Gasteiger partial charge in [-0.2, -0.15) is 0 Å². The number of furan rings is 1. The molecule has 1 aliphatic rings. The Morgan fingerprint density at radius 1 is 1.50 bits per heavy atom. The minimum absolute atomic E-state index is 0. The molecule has 0 radical (unpaired) electrons. The highest BCUT2D eigenvalue weighted by atomic mass is 127. The van der Waals surface area contributed by atoms with Crippen LogP contribution in [0.3, 0.4) is 0 Å². The normalized spacial score (nSPS) is 17.9. The predicted octanol–water partition coefficient (Wildman–Crippen LogP) is 2.83. The monoisotopic (exact) mass is 448 g/mol. The molecule has 1 saturated heterocycles. The number of nitrogens with two attached hydrogens (primary N) is 1. The Bertz CT molecular complexity index is 557. The number of likely N-dealkylation sites (tertiary alicyclic amines) is 1. The number of hydrogen-bond acceptors (Lipinski definition) is 3. The van der Waals surface area contributed by atoms with Crippen LogP contribution < -0.4 is 11.1 Å². The van der Waals surface area contributed by atoms with Crippen LogP contribution in [0, 0.1) is 11.8 Å². The summed E-state index contributed by atoms with van der Waals surface area (Å²) in [6, 6.07) is 3.34. The Hall–Kier alpha value is -1.25. The van der Waals surface area contributed by atoms with Crippen LogP contribution in [0.5, 0.6) is 0 Å². The molecule has 0 saturated carbocycles. The summed E-state index contributed by atoms with van der Waals surface area (Å²) in [5, 5.41) is 3.34. The fourth-order valence-corrected chi connectivity index (χ4v) is 3.06. The highest BCUT2D eigenvalue weighted by Gasteiger charge is 2.25. The van der Waals surface area contributed by atoms with Gasteiger partial charge in [-0.3, -0.25) is 4.79 Å². The Kier molecular flexibility index (Phi) is 8.58. The van der Waals surface area contributed by atoms with Crippen LogP contribution in [0.2, 0.25) is 0 Å². The van der Waals surface area contributed by atoms with Crippen LogP contribution in [0.1, 0.15) is 49.9 Å². The van der Waals surface area contributed by atoms with Crippen LogP contribution in [0.25, 0.3) is 0 Å². The van der Waals surface area contributed by atoms with E-state index in [0.717, 1.165) is 37.4 Å². The van der Waals surface area contributed by atoms with Gasteiger partial charge in [0.15, 0.2) is 11.7 Å². The van der Waals surface area contributed by atoms with E-state index in [1.54, 1.807) is 12.1 Å². The molecule has 0 bridgehead atoms. The molecule has 3 N–H and O–H groups in total. The second-order valence-corrected chi connectivity index (χ2v) is 6.53. The van der Waals surface area contributed by atoms with E-state index in [4.69, 9.17) is 10.2 Å². The summed E-state index contributed by atoms with van der Waals surface area (Å²) >= 11 is 0. The summed E-state index contributed by atoms with van der Waals surface area (Å²) < 4.78 is 5.38. The van der Waals surface area contributed by atoms with E-state index >= 15 is 0 Å². The van der Waals surface area contributed by atoms with E-state index in [0.29, 0.717) is 12.3 Å². The molecule has 0 aliphatic carbocycles. The number of primary amides is 1. The Morgan fingerprint density at radius 2 is 2.25 bits per heavy atom. The molecule has 1 aliphatic heterocycles. The quantitative estimate of drug-likeness (QED) is 0.398. The van der Waals surface area contributed by atoms with Gasteiger partial charge < -0.3 is 20.4 Å². The van der Waals surface area contributed by atoms with Crippen molar-refractivity contribution < 1.29 is 9.21 Å². The fraction of sp³-hybridized carbons (Fsp3) is 0.647. The molecule has 7 heteroatoms. The van der Waals surface area contributed by atoms with Crippen LogP contribution in [-0.2, 0) is 6.54 Å². The molecule has 1 atom stereocenters. The number of carbonyl (C=O) groups is 1. The smallest absolute Gasteiger partial charge is 0.284 e. The summed E-state index contributed by atoms with van der Waals surface area (Å²) in [5.74, 6) is 2.66.